The lowest BCUT2D eigenvalue weighted by Gasteiger charge is -2.29. The molecule has 0 spiro atoms. The molecular formula is C24H51O2PS2. The SMILES string of the molecule is CCCCCC(CC)OP(=O)(SC(CC)CCCCC)SC(CC)CCCCC. The third-order valence-corrected chi connectivity index (χ3v) is 13.8. The summed E-state index contributed by atoms with van der Waals surface area (Å²) in [7, 11) is 0. The fraction of sp³-hybridized carbons (Fsp3) is 1.00. The summed E-state index contributed by atoms with van der Waals surface area (Å²) in [5, 5.41) is 0.919. The van der Waals surface area contributed by atoms with Crippen molar-refractivity contribution < 1.29 is 9.09 Å². The number of hydrogen-bond donors (Lipinski definition) is 0. The van der Waals surface area contributed by atoms with Crippen molar-refractivity contribution in [2.45, 2.75) is 154 Å². The van der Waals surface area contributed by atoms with E-state index in [1.54, 1.807) is 22.8 Å². The Balaban J connectivity index is 5.16. The van der Waals surface area contributed by atoms with E-state index in [9.17, 15) is 4.57 Å². The Morgan fingerprint density at radius 2 is 1.03 bits per heavy atom. The van der Waals surface area contributed by atoms with E-state index in [1.165, 1.54) is 70.6 Å². The summed E-state index contributed by atoms with van der Waals surface area (Å²) in [6, 6.07) is 0. The van der Waals surface area contributed by atoms with Gasteiger partial charge < -0.3 is 4.52 Å². The maximum Gasteiger partial charge on any atom is 0.313 e. The van der Waals surface area contributed by atoms with Crippen molar-refractivity contribution in [3.63, 3.8) is 0 Å². The van der Waals surface area contributed by atoms with Crippen LogP contribution in [-0.4, -0.2) is 16.6 Å². The van der Waals surface area contributed by atoms with E-state index in [4.69, 9.17) is 4.52 Å². The molecule has 0 aromatic carbocycles. The van der Waals surface area contributed by atoms with Crippen LogP contribution in [0, 0.1) is 0 Å². The van der Waals surface area contributed by atoms with E-state index >= 15 is 0 Å². The number of hydrogen-bond acceptors (Lipinski definition) is 4. The number of rotatable bonds is 21. The van der Waals surface area contributed by atoms with Gasteiger partial charge in [0.2, 0.25) is 0 Å². The van der Waals surface area contributed by atoms with Crippen LogP contribution in [-0.2, 0) is 9.09 Å². The molecule has 3 unspecified atom stereocenters. The highest BCUT2D eigenvalue weighted by Crippen LogP contribution is 2.74. The summed E-state index contributed by atoms with van der Waals surface area (Å²) in [4.78, 5) is 0. The van der Waals surface area contributed by atoms with Gasteiger partial charge in [-0.05, 0) is 38.5 Å². The molecule has 0 amide bonds. The predicted octanol–water partition coefficient (Wildman–Crippen LogP) is 10.7. The van der Waals surface area contributed by atoms with Gasteiger partial charge in [-0.3, -0.25) is 4.57 Å². The third kappa shape index (κ3) is 15.4. The summed E-state index contributed by atoms with van der Waals surface area (Å²) >= 11 is 3.41. The molecule has 0 aromatic rings. The van der Waals surface area contributed by atoms with Crippen molar-refractivity contribution >= 4 is 28.5 Å². The molecule has 2 nitrogen and oxygen atoms in total. The normalized spacial score (nSPS) is 17.0. The molecule has 0 aliphatic carbocycles. The Morgan fingerprint density at radius 1 is 0.621 bits per heavy atom. The van der Waals surface area contributed by atoms with Crippen molar-refractivity contribution in [2.24, 2.45) is 0 Å². The fourth-order valence-electron chi connectivity index (χ4n) is 3.48. The highest BCUT2D eigenvalue weighted by molar-refractivity contribution is 8.89. The van der Waals surface area contributed by atoms with Crippen LogP contribution in [0.1, 0.15) is 138 Å². The molecule has 0 aliphatic rings. The molecule has 0 bridgehead atoms. The third-order valence-electron chi connectivity index (χ3n) is 5.59. The zero-order valence-electron chi connectivity index (χ0n) is 20.4. The van der Waals surface area contributed by atoms with Crippen LogP contribution in [0.25, 0.3) is 0 Å². The Morgan fingerprint density at radius 3 is 1.38 bits per heavy atom. The quantitative estimate of drug-likeness (QED) is 0.124. The lowest BCUT2D eigenvalue weighted by Crippen LogP contribution is -2.12. The Hall–Kier alpha value is 0.890. The largest absolute Gasteiger partial charge is 0.313 e. The smallest absolute Gasteiger partial charge is 0.310 e. The van der Waals surface area contributed by atoms with Gasteiger partial charge in [-0.25, -0.2) is 0 Å². The maximum atomic E-state index is 14.1. The minimum absolute atomic E-state index is 0.147. The molecule has 0 aromatic heterocycles. The maximum absolute atomic E-state index is 14.1. The predicted molar refractivity (Wildman–Crippen MR) is 139 cm³/mol. The molecule has 0 saturated heterocycles. The first-order chi connectivity index (χ1) is 14.0. The van der Waals surface area contributed by atoms with E-state index in [1.807, 2.05) is 0 Å². The van der Waals surface area contributed by atoms with Gasteiger partial charge in [0, 0.05) is 10.5 Å². The van der Waals surface area contributed by atoms with Gasteiger partial charge in [-0.15, -0.1) is 0 Å². The fourth-order valence-corrected chi connectivity index (χ4v) is 13.4. The monoisotopic (exact) mass is 466 g/mol. The van der Waals surface area contributed by atoms with E-state index in [2.05, 4.69) is 41.5 Å². The van der Waals surface area contributed by atoms with Crippen molar-refractivity contribution in [1.29, 1.82) is 0 Å². The lowest BCUT2D eigenvalue weighted by atomic mass is 10.1. The highest BCUT2D eigenvalue weighted by atomic mass is 33.1. The molecule has 3 atom stereocenters. The van der Waals surface area contributed by atoms with Crippen LogP contribution in [0.5, 0.6) is 0 Å². The molecule has 5 heteroatoms. The van der Waals surface area contributed by atoms with Gasteiger partial charge >= 0.3 is 5.77 Å². The van der Waals surface area contributed by atoms with Crippen molar-refractivity contribution in [1.82, 2.24) is 0 Å². The van der Waals surface area contributed by atoms with E-state index in [-0.39, 0.29) is 6.10 Å². The average molecular weight is 467 g/mol. The van der Waals surface area contributed by atoms with Crippen LogP contribution in [0.4, 0.5) is 0 Å². The summed E-state index contributed by atoms with van der Waals surface area (Å²) < 4.78 is 20.6. The van der Waals surface area contributed by atoms with Crippen molar-refractivity contribution in [3.05, 3.63) is 0 Å². The zero-order chi connectivity index (χ0) is 22.0. The Bertz CT molecular complexity index is 349. The van der Waals surface area contributed by atoms with Crippen LogP contribution in [0.2, 0.25) is 0 Å². The van der Waals surface area contributed by atoms with Crippen molar-refractivity contribution in [3.8, 4) is 0 Å². The Labute approximate surface area is 191 Å². The summed E-state index contributed by atoms with van der Waals surface area (Å²) in [6.07, 6.45) is 17.9. The summed E-state index contributed by atoms with van der Waals surface area (Å²) in [5.41, 5.74) is 0. The summed E-state index contributed by atoms with van der Waals surface area (Å²) in [6.45, 7) is 13.4. The van der Waals surface area contributed by atoms with Gasteiger partial charge in [-0.1, -0.05) is 122 Å². The van der Waals surface area contributed by atoms with E-state index in [0.717, 1.165) is 25.7 Å². The molecule has 176 valence electrons. The first-order valence-corrected chi connectivity index (χ1v) is 17.2. The first kappa shape index (κ1) is 29.9. The molecule has 0 saturated carbocycles. The van der Waals surface area contributed by atoms with E-state index < -0.39 is 5.77 Å². The second-order valence-electron chi connectivity index (χ2n) is 8.34. The van der Waals surface area contributed by atoms with E-state index in [0.29, 0.717) is 10.5 Å². The molecule has 0 N–H and O–H groups in total. The molecular weight excluding hydrogens is 415 g/mol. The molecule has 0 heterocycles. The topological polar surface area (TPSA) is 26.3 Å². The van der Waals surface area contributed by atoms with Crippen LogP contribution >= 0.6 is 28.5 Å². The highest BCUT2D eigenvalue weighted by Gasteiger charge is 2.34. The first-order valence-electron chi connectivity index (χ1n) is 12.6. The van der Waals surface area contributed by atoms with Crippen LogP contribution in [0.3, 0.4) is 0 Å². The zero-order valence-corrected chi connectivity index (χ0v) is 22.9. The minimum Gasteiger partial charge on any atom is -0.310 e. The van der Waals surface area contributed by atoms with Crippen molar-refractivity contribution in [2.75, 3.05) is 0 Å². The minimum atomic E-state index is -2.75. The van der Waals surface area contributed by atoms with Gasteiger partial charge in [0.15, 0.2) is 0 Å². The van der Waals surface area contributed by atoms with Crippen LogP contribution < -0.4 is 0 Å². The second kappa shape index (κ2) is 19.6. The Kier molecular flexibility index (Phi) is 20.2. The van der Waals surface area contributed by atoms with Gasteiger partial charge in [0.1, 0.15) is 0 Å². The molecule has 0 aliphatic heterocycles. The molecule has 0 radical (unpaired) electrons. The van der Waals surface area contributed by atoms with Crippen LogP contribution in [0.15, 0.2) is 0 Å². The molecule has 29 heavy (non-hydrogen) atoms. The summed E-state index contributed by atoms with van der Waals surface area (Å²) in [5.74, 6) is -2.75. The van der Waals surface area contributed by atoms with Gasteiger partial charge in [0.25, 0.3) is 0 Å². The van der Waals surface area contributed by atoms with Gasteiger partial charge in [-0.2, -0.15) is 0 Å². The lowest BCUT2D eigenvalue weighted by molar-refractivity contribution is 0.198. The second-order valence-corrected chi connectivity index (χ2v) is 16.0. The molecule has 0 fully saturated rings. The number of unbranched alkanes of at least 4 members (excludes halogenated alkanes) is 6. The molecule has 0 rings (SSSR count). The average Bonchev–Trinajstić information content (AvgIpc) is 2.72. The van der Waals surface area contributed by atoms with Gasteiger partial charge in [0.05, 0.1) is 6.10 Å². The standard InChI is InChI=1S/C24H51O2PS2/c1-7-13-16-19-22(10-4)26-27(25,28-23(11-5)20-17-14-8-2)29-24(12-6)21-18-15-9-3/h22-24H,7-21H2,1-6H3.